The van der Waals surface area contributed by atoms with Gasteiger partial charge in [0, 0.05) is 25.4 Å². The molecule has 1 unspecified atom stereocenters. The molecule has 4 nitrogen and oxygen atoms in total. The minimum atomic E-state index is 0.111. The number of carbonyl (C=O) groups is 1. The minimum Gasteiger partial charge on any atom is -0.376 e. The fourth-order valence-corrected chi connectivity index (χ4v) is 1.14. The molecule has 0 saturated carbocycles. The number of nitrogens with two attached hydrogens (primary N) is 1. The van der Waals surface area contributed by atoms with Crippen molar-refractivity contribution < 1.29 is 4.79 Å². The Morgan fingerprint density at radius 2 is 2.64 bits per heavy atom. The van der Waals surface area contributed by atoms with Crippen LogP contribution in [0.3, 0.4) is 0 Å². The van der Waals surface area contributed by atoms with Gasteiger partial charge in [0.2, 0.25) is 5.91 Å². The van der Waals surface area contributed by atoms with Crippen LogP contribution in [0, 0.1) is 5.92 Å². The van der Waals surface area contributed by atoms with Gasteiger partial charge in [0.1, 0.15) is 0 Å². The van der Waals surface area contributed by atoms with Gasteiger partial charge in [0.05, 0.1) is 0 Å². The molecule has 1 saturated heterocycles. The van der Waals surface area contributed by atoms with E-state index in [2.05, 4.69) is 22.9 Å². The van der Waals surface area contributed by atoms with Crippen LogP contribution in [0.4, 0.5) is 0 Å². The van der Waals surface area contributed by atoms with E-state index in [0.29, 0.717) is 24.0 Å². The third-order valence-corrected chi connectivity index (χ3v) is 1.77. The quantitative estimate of drug-likeness (QED) is 0.466. The third kappa shape index (κ3) is 2.71. The molecular formula is C6H11N3OS. The number of thiocarbonyl (C=S) groups is 1. The van der Waals surface area contributed by atoms with Crippen molar-refractivity contribution in [3.63, 3.8) is 0 Å². The van der Waals surface area contributed by atoms with Gasteiger partial charge in [-0.15, -0.1) is 0 Å². The van der Waals surface area contributed by atoms with Crippen molar-refractivity contribution >= 4 is 23.2 Å². The van der Waals surface area contributed by atoms with Gasteiger partial charge in [-0.1, -0.05) is 0 Å². The van der Waals surface area contributed by atoms with Gasteiger partial charge in [-0.2, -0.15) is 0 Å². The molecule has 1 amide bonds. The molecule has 1 fully saturated rings. The summed E-state index contributed by atoms with van der Waals surface area (Å²) in [4.78, 5) is 10.7. The molecule has 0 aromatic heterocycles. The molecule has 0 radical (unpaired) electrons. The fraction of sp³-hybridized carbons (Fsp3) is 0.667. The smallest absolute Gasteiger partial charge is 0.220 e. The van der Waals surface area contributed by atoms with Crippen molar-refractivity contribution in [1.82, 2.24) is 10.6 Å². The Labute approximate surface area is 70.5 Å². The summed E-state index contributed by atoms with van der Waals surface area (Å²) in [7, 11) is 0. The van der Waals surface area contributed by atoms with E-state index in [0.717, 1.165) is 6.54 Å². The molecule has 0 bridgehead atoms. The van der Waals surface area contributed by atoms with Gasteiger partial charge < -0.3 is 16.4 Å². The van der Waals surface area contributed by atoms with Crippen LogP contribution in [0.1, 0.15) is 6.42 Å². The summed E-state index contributed by atoms with van der Waals surface area (Å²) in [5.74, 6) is 0.448. The lowest BCUT2D eigenvalue weighted by molar-refractivity contribution is -0.119. The van der Waals surface area contributed by atoms with Crippen molar-refractivity contribution in [3.05, 3.63) is 0 Å². The van der Waals surface area contributed by atoms with E-state index < -0.39 is 0 Å². The summed E-state index contributed by atoms with van der Waals surface area (Å²) in [6.07, 6.45) is 0.579. The fourth-order valence-electron chi connectivity index (χ4n) is 1.05. The summed E-state index contributed by atoms with van der Waals surface area (Å²) in [5, 5.41) is 5.85. The van der Waals surface area contributed by atoms with Crippen LogP contribution in [-0.2, 0) is 4.79 Å². The molecule has 1 heterocycles. The van der Waals surface area contributed by atoms with Crippen molar-refractivity contribution in [1.29, 1.82) is 0 Å². The zero-order valence-electron chi connectivity index (χ0n) is 6.09. The molecule has 1 aliphatic rings. The number of nitrogens with one attached hydrogen (secondary N) is 2. The monoisotopic (exact) mass is 173 g/mol. The van der Waals surface area contributed by atoms with E-state index >= 15 is 0 Å². The SMILES string of the molecule is NC(=S)NCC1CNC(=O)C1. The Morgan fingerprint density at radius 3 is 3.09 bits per heavy atom. The van der Waals surface area contributed by atoms with Crippen LogP contribution >= 0.6 is 12.2 Å². The average molecular weight is 173 g/mol. The van der Waals surface area contributed by atoms with Crippen molar-refractivity contribution in [2.45, 2.75) is 6.42 Å². The van der Waals surface area contributed by atoms with Crippen LogP contribution in [0.15, 0.2) is 0 Å². The van der Waals surface area contributed by atoms with E-state index in [4.69, 9.17) is 5.73 Å². The number of hydrogen-bond acceptors (Lipinski definition) is 2. The number of carbonyl (C=O) groups excluding carboxylic acids is 1. The molecule has 11 heavy (non-hydrogen) atoms. The molecule has 5 heteroatoms. The molecule has 0 aliphatic carbocycles. The van der Waals surface area contributed by atoms with Crippen LogP contribution < -0.4 is 16.4 Å². The third-order valence-electron chi connectivity index (χ3n) is 1.63. The number of rotatable bonds is 2. The van der Waals surface area contributed by atoms with Gasteiger partial charge in [0.25, 0.3) is 0 Å². The molecule has 0 spiro atoms. The van der Waals surface area contributed by atoms with E-state index in [1.165, 1.54) is 0 Å². The Morgan fingerprint density at radius 1 is 1.91 bits per heavy atom. The largest absolute Gasteiger partial charge is 0.376 e. The lowest BCUT2D eigenvalue weighted by Gasteiger charge is -2.07. The summed E-state index contributed by atoms with van der Waals surface area (Å²) in [6.45, 7) is 1.42. The minimum absolute atomic E-state index is 0.111. The molecule has 1 rings (SSSR count). The maximum Gasteiger partial charge on any atom is 0.220 e. The van der Waals surface area contributed by atoms with Gasteiger partial charge in [-0.25, -0.2) is 0 Å². The molecule has 62 valence electrons. The van der Waals surface area contributed by atoms with E-state index in [1.807, 2.05) is 0 Å². The summed E-state index contributed by atoms with van der Waals surface area (Å²) in [6, 6.07) is 0. The van der Waals surface area contributed by atoms with Gasteiger partial charge in [0.15, 0.2) is 5.11 Å². The van der Waals surface area contributed by atoms with Gasteiger partial charge >= 0.3 is 0 Å². The average Bonchev–Trinajstić information content (AvgIpc) is 2.31. The Hall–Kier alpha value is -0.840. The van der Waals surface area contributed by atoms with Crippen LogP contribution in [0.2, 0.25) is 0 Å². The number of amides is 1. The highest BCUT2D eigenvalue weighted by Crippen LogP contribution is 2.06. The highest BCUT2D eigenvalue weighted by molar-refractivity contribution is 7.80. The van der Waals surface area contributed by atoms with Gasteiger partial charge in [-0.3, -0.25) is 4.79 Å². The Kier molecular flexibility index (Phi) is 2.64. The first kappa shape index (κ1) is 8.26. The molecule has 1 aliphatic heterocycles. The van der Waals surface area contributed by atoms with E-state index in [9.17, 15) is 4.79 Å². The highest BCUT2D eigenvalue weighted by atomic mass is 32.1. The Balaban J connectivity index is 2.18. The lowest BCUT2D eigenvalue weighted by Crippen LogP contribution is -2.34. The highest BCUT2D eigenvalue weighted by Gasteiger charge is 2.20. The van der Waals surface area contributed by atoms with Crippen molar-refractivity contribution in [2.24, 2.45) is 11.7 Å². The summed E-state index contributed by atoms with van der Waals surface area (Å²) in [5.41, 5.74) is 5.22. The predicted molar refractivity (Wildman–Crippen MR) is 45.9 cm³/mol. The second-order valence-electron chi connectivity index (χ2n) is 2.62. The zero-order valence-corrected chi connectivity index (χ0v) is 6.91. The maximum absolute atomic E-state index is 10.7. The predicted octanol–water partition coefficient (Wildman–Crippen LogP) is -1.04. The Bertz CT molecular complexity index is 183. The van der Waals surface area contributed by atoms with Crippen molar-refractivity contribution in [2.75, 3.05) is 13.1 Å². The standard InChI is InChI=1S/C6H11N3OS/c7-6(11)9-3-4-1-5(10)8-2-4/h4H,1-3H2,(H,8,10)(H3,7,9,11). The zero-order chi connectivity index (χ0) is 8.27. The first-order valence-electron chi connectivity index (χ1n) is 3.48. The van der Waals surface area contributed by atoms with Crippen LogP contribution in [-0.4, -0.2) is 24.1 Å². The van der Waals surface area contributed by atoms with Crippen LogP contribution in [0.5, 0.6) is 0 Å². The molecule has 1 atom stereocenters. The molecular weight excluding hydrogens is 162 g/mol. The van der Waals surface area contributed by atoms with Crippen LogP contribution in [0.25, 0.3) is 0 Å². The maximum atomic E-state index is 10.7. The second-order valence-corrected chi connectivity index (χ2v) is 3.06. The topological polar surface area (TPSA) is 67.2 Å². The van der Waals surface area contributed by atoms with E-state index in [1.54, 1.807) is 0 Å². The first-order chi connectivity index (χ1) is 5.18. The molecule has 4 N–H and O–H groups in total. The lowest BCUT2D eigenvalue weighted by atomic mass is 10.1. The normalized spacial score (nSPS) is 22.9. The second kappa shape index (κ2) is 3.52. The van der Waals surface area contributed by atoms with E-state index in [-0.39, 0.29) is 5.91 Å². The van der Waals surface area contributed by atoms with Crippen molar-refractivity contribution in [3.8, 4) is 0 Å². The molecule has 0 aromatic rings. The number of hydrogen-bond donors (Lipinski definition) is 3. The first-order valence-corrected chi connectivity index (χ1v) is 3.89. The molecule has 0 aromatic carbocycles. The van der Waals surface area contributed by atoms with Gasteiger partial charge in [-0.05, 0) is 12.2 Å². The summed E-state index contributed by atoms with van der Waals surface area (Å²) >= 11 is 4.62. The summed E-state index contributed by atoms with van der Waals surface area (Å²) < 4.78 is 0.